The van der Waals surface area contributed by atoms with Crippen LogP contribution >= 0.6 is 0 Å². The summed E-state index contributed by atoms with van der Waals surface area (Å²) in [6, 6.07) is 6.09. The van der Waals surface area contributed by atoms with Crippen molar-refractivity contribution in [2.75, 3.05) is 6.61 Å². The molecule has 1 N–H and O–H groups in total. The minimum absolute atomic E-state index is 0.0670. The molecular weight excluding hydrogens is 255 g/mol. The van der Waals surface area contributed by atoms with Gasteiger partial charge in [-0.1, -0.05) is 17.3 Å². The SMILES string of the molecule is O=C(O)COCc1nc(Cc2cccc(F)c2)no1. The van der Waals surface area contributed by atoms with Gasteiger partial charge in [-0.2, -0.15) is 4.98 Å². The van der Waals surface area contributed by atoms with E-state index in [4.69, 9.17) is 14.4 Å². The van der Waals surface area contributed by atoms with E-state index in [1.807, 2.05) is 0 Å². The summed E-state index contributed by atoms with van der Waals surface area (Å²) in [5.41, 5.74) is 0.721. The Kier molecular flexibility index (Phi) is 4.19. The van der Waals surface area contributed by atoms with Gasteiger partial charge in [0.05, 0.1) is 0 Å². The van der Waals surface area contributed by atoms with E-state index in [2.05, 4.69) is 10.1 Å². The second kappa shape index (κ2) is 6.05. The molecule has 0 aliphatic heterocycles. The molecule has 100 valence electrons. The Morgan fingerprint density at radius 1 is 1.47 bits per heavy atom. The largest absolute Gasteiger partial charge is 0.480 e. The van der Waals surface area contributed by atoms with Gasteiger partial charge in [-0.25, -0.2) is 9.18 Å². The number of hydrogen-bond acceptors (Lipinski definition) is 5. The van der Waals surface area contributed by atoms with E-state index in [1.54, 1.807) is 12.1 Å². The van der Waals surface area contributed by atoms with Crippen LogP contribution < -0.4 is 0 Å². The number of carboxylic acids is 1. The lowest BCUT2D eigenvalue weighted by molar-refractivity contribution is -0.142. The fraction of sp³-hybridized carbons (Fsp3) is 0.250. The zero-order chi connectivity index (χ0) is 13.7. The Bertz CT molecular complexity index is 570. The maximum Gasteiger partial charge on any atom is 0.329 e. The zero-order valence-electron chi connectivity index (χ0n) is 9.88. The second-order valence-corrected chi connectivity index (χ2v) is 3.80. The van der Waals surface area contributed by atoms with Crippen molar-refractivity contribution < 1.29 is 23.6 Å². The van der Waals surface area contributed by atoms with Gasteiger partial charge in [0, 0.05) is 6.42 Å². The minimum atomic E-state index is -1.07. The van der Waals surface area contributed by atoms with Crippen molar-refractivity contribution in [1.82, 2.24) is 10.1 Å². The van der Waals surface area contributed by atoms with E-state index in [1.165, 1.54) is 12.1 Å². The van der Waals surface area contributed by atoms with E-state index >= 15 is 0 Å². The molecule has 0 aliphatic carbocycles. The molecule has 0 fully saturated rings. The predicted octanol–water partition coefficient (Wildman–Crippen LogP) is 1.40. The molecule has 6 nitrogen and oxygen atoms in total. The van der Waals surface area contributed by atoms with Gasteiger partial charge in [-0.05, 0) is 17.7 Å². The Labute approximate surface area is 107 Å². The molecule has 1 aromatic carbocycles. The van der Waals surface area contributed by atoms with Crippen LogP contribution in [0.3, 0.4) is 0 Å². The fourth-order valence-corrected chi connectivity index (χ4v) is 1.48. The maximum atomic E-state index is 13.0. The molecule has 0 aliphatic rings. The van der Waals surface area contributed by atoms with Gasteiger partial charge in [0.2, 0.25) is 0 Å². The molecule has 19 heavy (non-hydrogen) atoms. The van der Waals surface area contributed by atoms with Gasteiger partial charge < -0.3 is 14.4 Å². The van der Waals surface area contributed by atoms with Crippen molar-refractivity contribution in [1.29, 1.82) is 0 Å². The van der Waals surface area contributed by atoms with Gasteiger partial charge >= 0.3 is 5.97 Å². The molecule has 0 bridgehead atoms. The van der Waals surface area contributed by atoms with Gasteiger partial charge in [0.15, 0.2) is 5.82 Å². The summed E-state index contributed by atoms with van der Waals surface area (Å²) in [6.45, 7) is -0.496. The first-order valence-electron chi connectivity index (χ1n) is 5.49. The molecule has 0 spiro atoms. The summed E-state index contributed by atoms with van der Waals surface area (Å²) >= 11 is 0. The van der Waals surface area contributed by atoms with Gasteiger partial charge in [0.1, 0.15) is 19.0 Å². The number of nitrogens with zero attached hydrogens (tertiary/aromatic N) is 2. The Hall–Kier alpha value is -2.28. The first kappa shape index (κ1) is 13.2. The molecule has 0 unspecified atom stereocenters. The van der Waals surface area contributed by atoms with Crippen molar-refractivity contribution in [2.45, 2.75) is 13.0 Å². The van der Waals surface area contributed by atoms with Gasteiger partial charge in [0.25, 0.3) is 5.89 Å². The summed E-state index contributed by atoms with van der Waals surface area (Å²) in [4.78, 5) is 14.3. The molecule has 1 heterocycles. The molecule has 0 atom stereocenters. The number of rotatable bonds is 6. The van der Waals surface area contributed by atoms with E-state index in [9.17, 15) is 9.18 Å². The number of ether oxygens (including phenoxy) is 1. The lowest BCUT2D eigenvalue weighted by Gasteiger charge is -1.96. The molecule has 0 saturated carbocycles. The quantitative estimate of drug-likeness (QED) is 0.850. The lowest BCUT2D eigenvalue weighted by atomic mass is 10.1. The third-order valence-corrected chi connectivity index (χ3v) is 2.21. The van der Waals surface area contributed by atoms with Crippen LogP contribution in [0.4, 0.5) is 4.39 Å². The van der Waals surface area contributed by atoms with Crippen LogP contribution in [0.2, 0.25) is 0 Å². The highest BCUT2D eigenvalue weighted by Crippen LogP contribution is 2.09. The Morgan fingerprint density at radius 2 is 2.32 bits per heavy atom. The number of carboxylic acid groups (broad SMARTS) is 1. The molecule has 1 aromatic heterocycles. The van der Waals surface area contributed by atoms with Crippen LogP contribution in [0.15, 0.2) is 28.8 Å². The number of benzene rings is 1. The smallest absolute Gasteiger partial charge is 0.329 e. The topological polar surface area (TPSA) is 85.5 Å². The lowest BCUT2D eigenvalue weighted by Crippen LogP contribution is -2.06. The molecule has 2 aromatic rings. The first-order valence-corrected chi connectivity index (χ1v) is 5.49. The summed E-state index contributed by atoms with van der Waals surface area (Å²) in [5.74, 6) is -0.822. The third kappa shape index (κ3) is 4.14. The molecule has 7 heteroatoms. The normalized spacial score (nSPS) is 10.6. The summed E-state index contributed by atoms with van der Waals surface area (Å²) in [6.07, 6.45) is 0.334. The molecular formula is C12H11FN2O4. The summed E-state index contributed by atoms with van der Waals surface area (Å²) in [5, 5.41) is 12.1. The van der Waals surface area contributed by atoms with Crippen LogP contribution in [-0.4, -0.2) is 27.8 Å². The van der Waals surface area contributed by atoms with Crippen LogP contribution in [0.25, 0.3) is 0 Å². The van der Waals surface area contributed by atoms with Gasteiger partial charge in [-0.15, -0.1) is 0 Å². The monoisotopic (exact) mass is 266 g/mol. The fourth-order valence-electron chi connectivity index (χ4n) is 1.48. The molecule has 0 saturated heterocycles. The van der Waals surface area contributed by atoms with Gasteiger partial charge in [-0.3, -0.25) is 0 Å². The van der Waals surface area contributed by atoms with Crippen LogP contribution in [-0.2, 0) is 22.6 Å². The van der Waals surface area contributed by atoms with E-state index in [-0.39, 0.29) is 18.3 Å². The van der Waals surface area contributed by atoms with Crippen molar-refractivity contribution in [2.24, 2.45) is 0 Å². The highest BCUT2D eigenvalue weighted by molar-refractivity contribution is 5.67. The van der Waals surface area contributed by atoms with E-state index in [0.717, 1.165) is 5.56 Å². The number of carbonyl (C=O) groups is 1. The van der Waals surface area contributed by atoms with Crippen LogP contribution in [0.5, 0.6) is 0 Å². The average molecular weight is 266 g/mol. The van der Waals surface area contributed by atoms with Crippen molar-refractivity contribution in [3.05, 3.63) is 47.4 Å². The Morgan fingerprint density at radius 3 is 3.05 bits per heavy atom. The van der Waals surface area contributed by atoms with Crippen LogP contribution in [0, 0.1) is 5.82 Å². The van der Waals surface area contributed by atoms with Crippen molar-refractivity contribution >= 4 is 5.97 Å². The standard InChI is InChI=1S/C12H11FN2O4/c13-9-3-1-2-8(4-9)5-10-14-11(19-15-10)6-18-7-12(16)17/h1-4H,5-7H2,(H,16,17). The number of hydrogen-bond donors (Lipinski definition) is 1. The second-order valence-electron chi connectivity index (χ2n) is 3.80. The first-order chi connectivity index (χ1) is 9.13. The maximum absolute atomic E-state index is 13.0. The van der Waals surface area contributed by atoms with Crippen molar-refractivity contribution in [3.63, 3.8) is 0 Å². The zero-order valence-corrected chi connectivity index (χ0v) is 9.88. The molecule has 0 amide bonds. The van der Waals surface area contributed by atoms with Crippen molar-refractivity contribution in [3.8, 4) is 0 Å². The summed E-state index contributed by atoms with van der Waals surface area (Å²) in [7, 11) is 0. The molecule has 0 radical (unpaired) electrons. The van der Waals surface area contributed by atoms with E-state index in [0.29, 0.717) is 12.2 Å². The summed E-state index contributed by atoms with van der Waals surface area (Å²) < 4.78 is 22.7. The predicted molar refractivity (Wildman–Crippen MR) is 60.8 cm³/mol. The highest BCUT2D eigenvalue weighted by Gasteiger charge is 2.08. The molecule has 2 rings (SSSR count). The Balaban J connectivity index is 1.92. The average Bonchev–Trinajstić information content (AvgIpc) is 2.76. The third-order valence-electron chi connectivity index (χ3n) is 2.21. The van der Waals surface area contributed by atoms with Crippen LogP contribution in [0.1, 0.15) is 17.3 Å². The van der Waals surface area contributed by atoms with E-state index < -0.39 is 12.6 Å². The number of halogens is 1. The number of aliphatic carboxylic acids is 1. The number of aromatic nitrogens is 2. The minimum Gasteiger partial charge on any atom is -0.480 e. The highest BCUT2D eigenvalue weighted by atomic mass is 19.1.